The first-order valence-corrected chi connectivity index (χ1v) is 12.6. The summed E-state index contributed by atoms with van der Waals surface area (Å²) in [6, 6.07) is 18.6. The minimum Gasteiger partial charge on any atom is -0.496 e. The Morgan fingerprint density at radius 3 is 2.65 bits per heavy atom. The molecule has 1 amide bonds. The van der Waals surface area contributed by atoms with Gasteiger partial charge in [-0.2, -0.15) is 5.10 Å². The second-order valence-electron chi connectivity index (χ2n) is 8.88. The van der Waals surface area contributed by atoms with Gasteiger partial charge in [-0.25, -0.2) is 9.50 Å². The Bertz CT molecular complexity index is 1450. The van der Waals surface area contributed by atoms with Crippen LogP contribution in [0.3, 0.4) is 0 Å². The van der Waals surface area contributed by atoms with Crippen molar-refractivity contribution in [1.29, 1.82) is 0 Å². The average molecular weight is 519 g/mol. The van der Waals surface area contributed by atoms with Gasteiger partial charge < -0.3 is 14.4 Å². The van der Waals surface area contributed by atoms with E-state index in [1.54, 1.807) is 41.6 Å². The van der Waals surface area contributed by atoms with Crippen molar-refractivity contribution in [3.05, 3.63) is 71.4 Å². The fourth-order valence-corrected chi connectivity index (χ4v) is 4.80. The number of fused-ring (bicyclic) bond motifs is 1. The Hall–Kier alpha value is -3.91. The number of likely N-dealkylation sites (tertiary alicyclic amines) is 1. The highest BCUT2D eigenvalue weighted by molar-refractivity contribution is 6.30. The van der Waals surface area contributed by atoms with Crippen LogP contribution in [0.1, 0.15) is 30.3 Å². The Morgan fingerprint density at radius 2 is 1.89 bits per heavy atom. The Morgan fingerprint density at radius 1 is 1.11 bits per heavy atom. The number of methoxy groups -OCH3 is 1. The van der Waals surface area contributed by atoms with E-state index in [9.17, 15) is 9.59 Å². The largest absolute Gasteiger partial charge is 0.496 e. The standard InChI is InChI=1S/C28H27ClN4O4/c1-3-37-28(35)19-7-6-14-32(17-19)27(34)23-15-24(21-8-4-5-9-25(21)36-2)33-26(30-23)16-22(31-33)18-10-12-20(29)13-11-18/h4-5,8-13,15-16,19H,3,6-7,14,17H2,1-2H3. The molecule has 5 rings (SSSR count). The predicted molar refractivity (Wildman–Crippen MR) is 141 cm³/mol. The summed E-state index contributed by atoms with van der Waals surface area (Å²) < 4.78 is 12.5. The molecule has 0 N–H and O–H groups in total. The Kier molecular flexibility index (Phi) is 7.10. The number of ether oxygens (including phenoxy) is 2. The number of carbonyl (C=O) groups is 2. The van der Waals surface area contributed by atoms with Crippen LogP contribution in [0.4, 0.5) is 0 Å². The number of rotatable bonds is 6. The molecule has 4 aromatic rings. The SMILES string of the molecule is CCOC(=O)C1CCCN(C(=O)c2cc(-c3ccccc3OC)n3nc(-c4ccc(Cl)cc4)cc3n2)C1. The highest BCUT2D eigenvalue weighted by atomic mass is 35.5. The number of piperidine rings is 1. The molecule has 8 nitrogen and oxygen atoms in total. The van der Waals surface area contributed by atoms with Gasteiger partial charge in [-0.1, -0.05) is 35.9 Å². The van der Waals surface area contributed by atoms with Crippen LogP contribution >= 0.6 is 11.6 Å². The van der Waals surface area contributed by atoms with Crippen LogP contribution < -0.4 is 4.74 Å². The molecule has 190 valence electrons. The van der Waals surface area contributed by atoms with Crippen molar-refractivity contribution in [3.63, 3.8) is 0 Å². The molecule has 0 radical (unpaired) electrons. The zero-order valence-corrected chi connectivity index (χ0v) is 21.4. The van der Waals surface area contributed by atoms with Crippen LogP contribution in [-0.4, -0.2) is 58.2 Å². The molecule has 9 heteroatoms. The van der Waals surface area contributed by atoms with E-state index in [1.165, 1.54) is 0 Å². The van der Waals surface area contributed by atoms with E-state index < -0.39 is 0 Å². The molecule has 37 heavy (non-hydrogen) atoms. The summed E-state index contributed by atoms with van der Waals surface area (Å²) in [5, 5.41) is 5.44. The second-order valence-corrected chi connectivity index (χ2v) is 9.31. The topological polar surface area (TPSA) is 86.0 Å². The maximum atomic E-state index is 13.7. The molecular formula is C28H27ClN4O4. The first kappa shape index (κ1) is 24.8. The van der Waals surface area contributed by atoms with Crippen molar-refractivity contribution >= 4 is 29.1 Å². The number of hydrogen-bond acceptors (Lipinski definition) is 6. The third-order valence-corrected chi connectivity index (χ3v) is 6.75. The van der Waals surface area contributed by atoms with E-state index in [1.807, 2.05) is 42.5 Å². The van der Waals surface area contributed by atoms with Crippen LogP contribution in [0.15, 0.2) is 60.7 Å². The molecule has 1 atom stereocenters. The first-order valence-electron chi connectivity index (χ1n) is 12.2. The normalized spacial score (nSPS) is 15.5. The summed E-state index contributed by atoms with van der Waals surface area (Å²) in [5.41, 5.74) is 3.83. The molecule has 0 bridgehead atoms. The number of benzene rings is 2. The van der Waals surface area contributed by atoms with Gasteiger partial charge in [0.2, 0.25) is 0 Å². The molecule has 0 saturated carbocycles. The number of amides is 1. The van der Waals surface area contributed by atoms with Crippen molar-refractivity contribution in [2.75, 3.05) is 26.8 Å². The van der Waals surface area contributed by atoms with Gasteiger partial charge in [0, 0.05) is 35.3 Å². The van der Waals surface area contributed by atoms with Crippen molar-refractivity contribution in [1.82, 2.24) is 19.5 Å². The van der Waals surface area contributed by atoms with Gasteiger partial charge in [0.05, 0.1) is 31.0 Å². The highest BCUT2D eigenvalue weighted by Gasteiger charge is 2.31. The number of nitrogens with zero attached hydrogens (tertiary/aromatic N) is 4. The van der Waals surface area contributed by atoms with Gasteiger partial charge in [-0.3, -0.25) is 9.59 Å². The molecule has 1 saturated heterocycles. The number of carbonyl (C=O) groups excluding carboxylic acids is 2. The Balaban J connectivity index is 1.59. The first-order chi connectivity index (χ1) is 18.0. The monoisotopic (exact) mass is 518 g/mol. The van der Waals surface area contributed by atoms with Crippen molar-refractivity contribution in [2.45, 2.75) is 19.8 Å². The molecule has 2 aromatic carbocycles. The molecule has 1 aliphatic heterocycles. The predicted octanol–water partition coefficient (Wildman–Crippen LogP) is 5.14. The van der Waals surface area contributed by atoms with Crippen molar-refractivity contribution in [2.24, 2.45) is 5.92 Å². The maximum Gasteiger partial charge on any atom is 0.310 e. The number of esters is 1. The highest BCUT2D eigenvalue weighted by Crippen LogP contribution is 2.32. The van der Waals surface area contributed by atoms with Crippen LogP contribution in [-0.2, 0) is 9.53 Å². The summed E-state index contributed by atoms with van der Waals surface area (Å²) in [4.78, 5) is 32.4. The molecule has 3 heterocycles. The van der Waals surface area contributed by atoms with Crippen molar-refractivity contribution in [3.8, 4) is 28.3 Å². The lowest BCUT2D eigenvalue weighted by Gasteiger charge is -2.31. The van der Waals surface area contributed by atoms with Gasteiger partial charge in [-0.15, -0.1) is 0 Å². The van der Waals surface area contributed by atoms with Crippen LogP contribution in [0, 0.1) is 5.92 Å². The number of halogens is 1. The van der Waals surface area contributed by atoms with E-state index in [-0.39, 0.29) is 23.5 Å². The zero-order chi connectivity index (χ0) is 25.9. The van der Waals surface area contributed by atoms with E-state index in [0.717, 1.165) is 17.5 Å². The lowest BCUT2D eigenvalue weighted by molar-refractivity contribution is -0.149. The quantitative estimate of drug-likeness (QED) is 0.328. The minimum atomic E-state index is -0.332. The van der Waals surface area contributed by atoms with Gasteiger partial charge in [0.25, 0.3) is 5.91 Å². The number of hydrogen-bond donors (Lipinski definition) is 0. The van der Waals surface area contributed by atoms with Crippen LogP contribution in [0.2, 0.25) is 5.02 Å². The number of aromatic nitrogens is 3. The fourth-order valence-electron chi connectivity index (χ4n) is 4.67. The van der Waals surface area contributed by atoms with E-state index >= 15 is 0 Å². The third kappa shape index (κ3) is 5.02. The van der Waals surface area contributed by atoms with E-state index in [4.69, 9.17) is 26.2 Å². The Labute approximate surface area is 219 Å². The molecular weight excluding hydrogens is 492 g/mol. The summed E-state index contributed by atoms with van der Waals surface area (Å²) in [5.74, 6) is -0.178. The molecule has 0 spiro atoms. The fraction of sp³-hybridized carbons (Fsp3) is 0.286. The van der Waals surface area contributed by atoms with Crippen LogP contribution in [0.25, 0.3) is 28.2 Å². The van der Waals surface area contributed by atoms with Crippen LogP contribution in [0.5, 0.6) is 5.75 Å². The molecule has 0 aliphatic carbocycles. The van der Waals surface area contributed by atoms with E-state index in [2.05, 4.69) is 4.98 Å². The number of para-hydroxylation sites is 1. The maximum absolute atomic E-state index is 13.7. The summed E-state index contributed by atoms with van der Waals surface area (Å²) >= 11 is 6.07. The van der Waals surface area contributed by atoms with Gasteiger partial charge in [0.1, 0.15) is 11.4 Å². The van der Waals surface area contributed by atoms with Gasteiger partial charge in [-0.05, 0) is 50.1 Å². The smallest absolute Gasteiger partial charge is 0.310 e. The van der Waals surface area contributed by atoms with Gasteiger partial charge in [0.15, 0.2) is 5.65 Å². The van der Waals surface area contributed by atoms with E-state index in [0.29, 0.717) is 53.9 Å². The summed E-state index contributed by atoms with van der Waals surface area (Å²) in [6.07, 6.45) is 1.43. The molecule has 1 fully saturated rings. The lowest BCUT2D eigenvalue weighted by Crippen LogP contribution is -2.43. The molecule has 1 unspecified atom stereocenters. The summed E-state index contributed by atoms with van der Waals surface area (Å²) in [7, 11) is 1.61. The second kappa shape index (κ2) is 10.6. The zero-order valence-electron chi connectivity index (χ0n) is 20.7. The van der Waals surface area contributed by atoms with Crippen molar-refractivity contribution < 1.29 is 19.1 Å². The minimum absolute atomic E-state index is 0.234. The average Bonchev–Trinajstić information content (AvgIpc) is 3.37. The lowest BCUT2D eigenvalue weighted by atomic mass is 9.98. The summed E-state index contributed by atoms with van der Waals surface area (Å²) in [6.45, 7) is 2.97. The third-order valence-electron chi connectivity index (χ3n) is 6.50. The molecule has 2 aromatic heterocycles. The molecule has 1 aliphatic rings. The van der Waals surface area contributed by atoms with Gasteiger partial charge >= 0.3 is 5.97 Å².